The van der Waals surface area contributed by atoms with Crippen LogP contribution >= 0.6 is 0 Å². The Morgan fingerprint density at radius 3 is 2.88 bits per heavy atom. The lowest BCUT2D eigenvalue weighted by atomic mass is 10.1. The standard InChI is InChI=1S/C18H20N4O3/c1-11-10-16(13-4-2-5-14(22(24)25)17(13)19-11)21-9-3-6-15(21)18(23)20-12-7-8-12/h2,4-5,10,12,15H,3,6-9H2,1H3,(H,20,23)/t15-/m0/s1. The van der Waals surface area contributed by atoms with Gasteiger partial charge in [-0.05, 0) is 38.7 Å². The minimum atomic E-state index is -0.403. The number of amides is 1. The summed E-state index contributed by atoms with van der Waals surface area (Å²) in [5.41, 5.74) is 1.96. The summed E-state index contributed by atoms with van der Waals surface area (Å²) >= 11 is 0. The van der Waals surface area contributed by atoms with E-state index in [-0.39, 0.29) is 17.6 Å². The van der Waals surface area contributed by atoms with Gasteiger partial charge in [-0.15, -0.1) is 0 Å². The van der Waals surface area contributed by atoms with Gasteiger partial charge in [-0.2, -0.15) is 0 Å². The Morgan fingerprint density at radius 2 is 2.16 bits per heavy atom. The summed E-state index contributed by atoms with van der Waals surface area (Å²) in [6, 6.07) is 7.03. The normalized spacial score (nSPS) is 20.0. The quantitative estimate of drug-likeness (QED) is 0.683. The van der Waals surface area contributed by atoms with Crippen molar-refractivity contribution >= 4 is 28.2 Å². The highest BCUT2D eigenvalue weighted by atomic mass is 16.6. The monoisotopic (exact) mass is 340 g/mol. The largest absolute Gasteiger partial charge is 0.359 e. The summed E-state index contributed by atoms with van der Waals surface area (Å²) < 4.78 is 0. The number of para-hydroxylation sites is 1. The first kappa shape index (κ1) is 15.8. The molecule has 1 aliphatic carbocycles. The van der Waals surface area contributed by atoms with Crippen LogP contribution in [0.25, 0.3) is 10.9 Å². The van der Waals surface area contributed by atoms with Gasteiger partial charge < -0.3 is 10.2 Å². The molecule has 2 fully saturated rings. The molecule has 0 unspecified atom stereocenters. The second-order valence-corrected chi connectivity index (χ2v) is 6.85. The molecule has 2 heterocycles. The number of aryl methyl sites for hydroxylation is 1. The van der Waals surface area contributed by atoms with Crippen LogP contribution in [0.4, 0.5) is 11.4 Å². The number of hydrogen-bond donors (Lipinski definition) is 1. The molecule has 7 heteroatoms. The third-order valence-electron chi connectivity index (χ3n) is 4.91. The van der Waals surface area contributed by atoms with E-state index < -0.39 is 4.92 Å². The molecule has 25 heavy (non-hydrogen) atoms. The lowest BCUT2D eigenvalue weighted by Crippen LogP contribution is -2.44. The second-order valence-electron chi connectivity index (χ2n) is 6.85. The molecule has 0 bridgehead atoms. The van der Waals surface area contributed by atoms with Crippen molar-refractivity contribution in [3.05, 3.63) is 40.1 Å². The van der Waals surface area contributed by atoms with Crippen LogP contribution < -0.4 is 10.2 Å². The Kier molecular flexibility index (Phi) is 3.78. The van der Waals surface area contributed by atoms with E-state index >= 15 is 0 Å². The number of carbonyl (C=O) groups is 1. The fourth-order valence-electron chi connectivity index (χ4n) is 3.58. The molecule has 7 nitrogen and oxygen atoms in total. The Balaban J connectivity index is 1.78. The average Bonchev–Trinajstić information content (AvgIpc) is 3.25. The van der Waals surface area contributed by atoms with Gasteiger partial charge in [0.15, 0.2) is 5.52 Å². The minimum absolute atomic E-state index is 0.000582. The summed E-state index contributed by atoms with van der Waals surface area (Å²) in [6.45, 7) is 2.60. The predicted molar refractivity (Wildman–Crippen MR) is 94.7 cm³/mol. The van der Waals surface area contributed by atoms with Crippen LogP contribution in [0.5, 0.6) is 0 Å². The van der Waals surface area contributed by atoms with Crippen molar-refractivity contribution in [2.45, 2.75) is 44.7 Å². The number of aromatic nitrogens is 1. The maximum absolute atomic E-state index is 12.6. The van der Waals surface area contributed by atoms with Crippen LogP contribution in [0.3, 0.4) is 0 Å². The smallest absolute Gasteiger partial charge is 0.295 e. The van der Waals surface area contributed by atoms with Gasteiger partial charge in [-0.1, -0.05) is 12.1 Å². The van der Waals surface area contributed by atoms with Crippen LogP contribution in [0.1, 0.15) is 31.4 Å². The van der Waals surface area contributed by atoms with Crippen LogP contribution in [-0.4, -0.2) is 34.4 Å². The molecule has 2 aliphatic rings. The molecule has 1 N–H and O–H groups in total. The SMILES string of the molecule is Cc1cc(N2CCC[C@H]2C(=O)NC2CC2)c2cccc([N+](=O)[O-])c2n1. The van der Waals surface area contributed by atoms with Gasteiger partial charge in [0.1, 0.15) is 6.04 Å². The predicted octanol–water partition coefficient (Wildman–Crippen LogP) is 2.70. The number of nitro benzene ring substituents is 1. The van der Waals surface area contributed by atoms with Crippen molar-refractivity contribution in [3.63, 3.8) is 0 Å². The number of hydrogen-bond acceptors (Lipinski definition) is 5. The number of nitrogens with one attached hydrogen (secondary N) is 1. The Morgan fingerprint density at radius 1 is 1.36 bits per heavy atom. The first-order chi connectivity index (χ1) is 12.0. The van der Waals surface area contributed by atoms with Gasteiger partial charge in [0.2, 0.25) is 5.91 Å². The Labute approximate surface area is 145 Å². The summed E-state index contributed by atoms with van der Waals surface area (Å²) in [5, 5.41) is 15.2. The molecule has 4 rings (SSSR count). The number of nitrogens with zero attached hydrogens (tertiary/aromatic N) is 3. The van der Waals surface area contributed by atoms with E-state index in [1.54, 1.807) is 6.07 Å². The number of benzene rings is 1. The van der Waals surface area contributed by atoms with Crippen LogP contribution in [-0.2, 0) is 4.79 Å². The fraction of sp³-hybridized carbons (Fsp3) is 0.444. The van der Waals surface area contributed by atoms with Gasteiger partial charge in [-0.3, -0.25) is 14.9 Å². The summed E-state index contributed by atoms with van der Waals surface area (Å²) in [4.78, 5) is 30.0. The van der Waals surface area contributed by atoms with E-state index in [4.69, 9.17) is 0 Å². The second kappa shape index (κ2) is 5.98. The van der Waals surface area contributed by atoms with Gasteiger partial charge >= 0.3 is 0 Å². The molecule has 1 aliphatic heterocycles. The Hall–Kier alpha value is -2.70. The van der Waals surface area contributed by atoms with Crippen molar-refractivity contribution < 1.29 is 9.72 Å². The molecule has 1 atom stereocenters. The number of fused-ring (bicyclic) bond motifs is 1. The highest BCUT2D eigenvalue weighted by Crippen LogP contribution is 2.36. The van der Waals surface area contributed by atoms with E-state index in [1.165, 1.54) is 6.07 Å². The highest BCUT2D eigenvalue weighted by Gasteiger charge is 2.35. The zero-order valence-electron chi connectivity index (χ0n) is 14.1. The van der Waals surface area contributed by atoms with E-state index in [9.17, 15) is 14.9 Å². The van der Waals surface area contributed by atoms with Crippen molar-refractivity contribution in [2.24, 2.45) is 0 Å². The summed E-state index contributed by atoms with van der Waals surface area (Å²) in [6.07, 6.45) is 3.85. The van der Waals surface area contributed by atoms with Crippen LogP contribution in [0.2, 0.25) is 0 Å². The van der Waals surface area contributed by atoms with Gasteiger partial charge in [-0.25, -0.2) is 4.98 Å². The van der Waals surface area contributed by atoms with E-state index in [0.717, 1.165) is 43.3 Å². The van der Waals surface area contributed by atoms with Crippen molar-refractivity contribution in [1.29, 1.82) is 0 Å². The van der Waals surface area contributed by atoms with Gasteiger partial charge in [0.25, 0.3) is 5.69 Å². The summed E-state index contributed by atoms with van der Waals surface area (Å²) in [5.74, 6) is 0.0630. The molecule has 0 spiro atoms. The number of nitro groups is 1. The third-order valence-corrected chi connectivity index (χ3v) is 4.91. The molecule has 2 aromatic rings. The van der Waals surface area contributed by atoms with E-state index in [2.05, 4.69) is 15.2 Å². The van der Waals surface area contributed by atoms with Crippen molar-refractivity contribution in [3.8, 4) is 0 Å². The third kappa shape index (κ3) is 2.90. The highest BCUT2D eigenvalue weighted by molar-refractivity contribution is 5.99. The van der Waals surface area contributed by atoms with E-state index in [1.807, 2.05) is 19.1 Å². The number of anilines is 1. The minimum Gasteiger partial charge on any atom is -0.359 e. The molecular formula is C18H20N4O3. The van der Waals surface area contributed by atoms with Crippen molar-refractivity contribution in [2.75, 3.05) is 11.4 Å². The molecule has 1 aromatic carbocycles. The molecule has 1 aromatic heterocycles. The zero-order chi connectivity index (χ0) is 17.6. The number of pyridine rings is 1. The number of rotatable bonds is 4. The average molecular weight is 340 g/mol. The molecule has 1 amide bonds. The topological polar surface area (TPSA) is 88.4 Å². The summed E-state index contributed by atoms with van der Waals surface area (Å²) in [7, 11) is 0. The Bertz CT molecular complexity index is 863. The lowest BCUT2D eigenvalue weighted by molar-refractivity contribution is -0.383. The first-order valence-electron chi connectivity index (χ1n) is 8.66. The van der Waals surface area contributed by atoms with Crippen LogP contribution in [0.15, 0.2) is 24.3 Å². The molecule has 1 saturated carbocycles. The van der Waals surface area contributed by atoms with Gasteiger partial charge in [0.05, 0.1) is 4.92 Å². The maximum atomic E-state index is 12.6. The molecule has 0 radical (unpaired) electrons. The van der Waals surface area contributed by atoms with Gasteiger partial charge in [0, 0.05) is 35.4 Å². The number of non-ortho nitro benzene ring substituents is 1. The fourth-order valence-corrected chi connectivity index (χ4v) is 3.58. The first-order valence-corrected chi connectivity index (χ1v) is 8.66. The number of carbonyl (C=O) groups excluding carboxylic acids is 1. The zero-order valence-corrected chi connectivity index (χ0v) is 14.1. The van der Waals surface area contributed by atoms with Crippen LogP contribution in [0, 0.1) is 17.0 Å². The molecule has 130 valence electrons. The van der Waals surface area contributed by atoms with Crippen molar-refractivity contribution in [1.82, 2.24) is 10.3 Å². The molecule has 1 saturated heterocycles. The molecular weight excluding hydrogens is 320 g/mol. The maximum Gasteiger partial charge on any atom is 0.295 e. The van der Waals surface area contributed by atoms with E-state index in [0.29, 0.717) is 17.3 Å². The lowest BCUT2D eigenvalue weighted by Gasteiger charge is -2.27.